The van der Waals surface area contributed by atoms with Gasteiger partial charge in [-0.05, 0) is 51.7 Å². The third-order valence-corrected chi connectivity index (χ3v) is 4.60. The summed E-state index contributed by atoms with van der Waals surface area (Å²) in [5.41, 5.74) is -0.450. The monoisotopic (exact) mass is 240 g/mol. The minimum Gasteiger partial charge on any atom is -0.388 e. The molecule has 2 aliphatic heterocycles. The van der Waals surface area contributed by atoms with Gasteiger partial charge in [-0.3, -0.25) is 0 Å². The Morgan fingerprint density at radius 3 is 2.88 bits per heavy atom. The second kappa shape index (κ2) is 6.17. The van der Waals surface area contributed by atoms with Crippen molar-refractivity contribution in [2.75, 3.05) is 26.2 Å². The molecular weight excluding hydrogens is 212 g/mol. The maximum absolute atomic E-state index is 10.9. The first-order chi connectivity index (χ1) is 8.24. The lowest BCUT2D eigenvalue weighted by molar-refractivity contribution is -0.0129. The summed E-state index contributed by atoms with van der Waals surface area (Å²) in [6.07, 6.45) is 8.08. The van der Waals surface area contributed by atoms with Crippen molar-refractivity contribution in [1.29, 1.82) is 0 Å². The van der Waals surface area contributed by atoms with Crippen molar-refractivity contribution in [3.05, 3.63) is 0 Å². The molecule has 0 aromatic carbocycles. The molecule has 3 heteroatoms. The highest BCUT2D eigenvalue weighted by atomic mass is 16.3. The first-order valence-corrected chi connectivity index (χ1v) is 7.43. The molecule has 2 aliphatic rings. The third kappa shape index (κ3) is 3.43. The lowest BCUT2D eigenvalue weighted by Crippen LogP contribution is -2.51. The van der Waals surface area contributed by atoms with E-state index in [4.69, 9.17) is 0 Å². The van der Waals surface area contributed by atoms with Gasteiger partial charge >= 0.3 is 0 Å². The Morgan fingerprint density at radius 2 is 2.06 bits per heavy atom. The molecule has 2 saturated heterocycles. The molecule has 17 heavy (non-hydrogen) atoms. The van der Waals surface area contributed by atoms with Gasteiger partial charge in [-0.15, -0.1) is 0 Å². The zero-order valence-electron chi connectivity index (χ0n) is 11.2. The molecule has 0 amide bonds. The average molecular weight is 240 g/mol. The molecule has 100 valence electrons. The third-order valence-electron chi connectivity index (χ3n) is 4.60. The van der Waals surface area contributed by atoms with Gasteiger partial charge in [-0.25, -0.2) is 0 Å². The minimum atomic E-state index is -0.450. The van der Waals surface area contributed by atoms with E-state index in [2.05, 4.69) is 17.1 Å². The molecule has 0 aromatic rings. The van der Waals surface area contributed by atoms with Crippen LogP contribution >= 0.6 is 0 Å². The van der Waals surface area contributed by atoms with Gasteiger partial charge < -0.3 is 15.3 Å². The highest BCUT2D eigenvalue weighted by Gasteiger charge is 2.37. The maximum atomic E-state index is 10.9. The predicted octanol–water partition coefficient (Wildman–Crippen LogP) is 1.76. The Balaban J connectivity index is 1.96. The van der Waals surface area contributed by atoms with Gasteiger partial charge in [0.25, 0.3) is 0 Å². The van der Waals surface area contributed by atoms with Crippen molar-refractivity contribution in [2.24, 2.45) is 0 Å². The van der Waals surface area contributed by atoms with Crippen LogP contribution < -0.4 is 5.32 Å². The number of likely N-dealkylation sites (tertiary alicyclic amines) is 1. The Kier molecular flexibility index (Phi) is 4.83. The minimum absolute atomic E-state index is 0.335. The van der Waals surface area contributed by atoms with E-state index >= 15 is 0 Å². The van der Waals surface area contributed by atoms with Crippen molar-refractivity contribution in [3.8, 4) is 0 Å². The van der Waals surface area contributed by atoms with Gasteiger partial charge in [0, 0.05) is 12.6 Å². The quantitative estimate of drug-likeness (QED) is 0.772. The van der Waals surface area contributed by atoms with E-state index in [1.165, 1.54) is 19.3 Å². The smallest absolute Gasteiger partial charge is 0.0812 e. The second-order valence-corrected chi connectivity index (χ2v) is 5.75. The van der Waals surface area contributed by atoms with Gasteiger partial charge in [0.1, 0.15) is 0 Å². The Hall–Kier alpha value is -0.120. The van der Waals surface area contributed by atoms with E-state index in [1.807, 2.05) is 0 Å². The summed E-state index contributed by atoms with van der Waals surface area (Å²) < 4.78 is 0. The molecule has 0 radical (unpaired) electrons. The van der Waals surface area contributed by atoms with E-state index in [-0.39, 0.29) is 0 Å². The van der Waals surface area contributed by atoms with E-state index in [9.17, 15) is 5.11 Å². The largest absolute Gasteiger partial charge is 0.388 e. The molecule has 2 atom stereocenters. The summed E-state index contributed by atoms with van der Waals surface area (Å²) in [5, 5.41) is 14.5. The molecule has 2 N–H and O–H groups in total. The molecule has 3 nitrogen and oxygen atoms in total. The van der Waals surface area contributed by atoms with Gasteiger partial charge in [-0.1, -0.05) is 19.8 Å². The summed E-state index contributed by atoms with van der Waals surface area (Å²) >= 11 is 0. The summed E-state index contributed by atoms with van der Waals surface area (Å²) in [5.74, 6) is 0. The molecule has 2 unspecified atom stereocenters. The number of hydrogen-bond acceptors (Lipinski definition) is 3. The highest BCUT2D eigenvalue weighted by Crippen LogP contribution is 2.29. The molecule has 0 bridgehead atoms. The molecule has 0 saturated carbocycles. The van der Waals surface area contributed by atoms with Crippen LogP contribution in [0.5, 0.6) is 0 Å². The SMILES string of the molecule is CCN1CCCC(O)(C2CCCCCN2)CC1. The van der Waals surface area contributed by atoms with Crippen LogP contribution in [-0.4, -0.2) is 47.8 Å². The van der Waals surface area contributed by atoms with Gasteiger partial charge in [0.05, 0.1) is 5.60 Å². The summed E-state index contributed by atoms with van der Waals surface area (Å²) in [6.45, 7) is 6.64. The molecule has 2 fully saturated rings. The number of aliphatic hydroxyl groups is 1. The lowest BCUT2D eigenvalue weighted by Gasteiger charge is -2.35. The summed E-state index contributed by atoms with van der Waals surface area (Å²) in [4.78, 5) is 2.47. The number of nitrogens with one attached hydrogen (secondary N) is 1. The van der Waals surface area contributed by atoms with E-state index in [1.54, 1.807) is 0 Å². The zero-order valence-corrected chi connectivity index (χ0v) is 11.2. The highest BCUT2D eigenvalue weighted by molar-refractivity contribution is 4.94. The molecular formula is C14H28N2O. The average Bonchev–Trinajstić information content (AvgIpc) is 2.70. The standard InChI is InChI=1S/C14H28N2O/c1-2-16-11-6-8-14(17,9-12-16)13-7-4-3-5-10-15-13/h13,15,17H,2-12H2,1H3. The fraction of sp³-hybridized carbons (Fsp3) is 1.00. The Bertz CT molecular complexity index is 226. The van der Waals surface area contributed by atoms with Crippen LogP contribution in [0.1, 0.15) is 51.9 Å². The fourth-order valence-corrected chi connectivity index (χ4v) is 3.35. The molecule has 0 aliphatic carbocycles. The maximum Gasteiger partial charge on any atom is 0.0812 e. The van der Waals surface area contributed by atoms with E-state index < -0.39 is 5.60 Å². The van der Waals surface area contributed by atoms with Crippen LogP contribution in [0.15, 0.2) is 0 Å². The van der Waals surface area contributed by atoms with Crippen molar-refractivity contribution in [2.45, 2.75) is 63.5 Å². The second-order valence-electron chi connectivity index (χ2n) is 5.75. The fourth-order valence-electron chi connectivity index (χ4n) is 3.35. The number of rotatable bonds is 2. The topological polar surface area (TPSA) is 35.5 Å². The molecule has 0 aromatic heterocycles. The normalized spacial score (nSPS) is 37.4. The number of nitrogens with zero attached hydrogens (tertiary/aromatic N) is 1. The first-order valence-electron chi connectivity index (χ1n) is 7.43. The first kappa shape index (κ1) is 13.3. The molecule has 0 spiro atoms. The van der Waals surface area contributed by atoms with Crippen LogP contribution in [0.2, 0.25) is 0 Å². The van der Waals surface area contributed by atoms with Crippen LogP contribution in [0, 0.1) is 0 Å². The van der Waals surface area contributed by atoms with Crippen molar-refractivity contribution in [1.82, 2.24) is 10.2 Å². The van der Waals surface area contributed by atoms with Crippen LogP contribution in [0.25, 0.3) is 0 Å². The zero-order chi connectivity index (χ0) is 12.1. The molecule has 2 heterocycles. The van der Waals surface area contributed by atoms with E-state index in [0.29, 0.717) is 6.04 Å². The van der Waals surface area contributed by atoms with Gasteiger partial charge in [0.2, 0.25) is 0 Å². The van der Waals surface area contributed by atoms with Crippen molar-refractivity contribution >= 4 is 0 Å². The van der Waals surface area contributed by atoms with E-state index in [0.717, 1.165) is 51.9 Å². The summed E-state index contributed by atoms with van der Waals surface area (Å²) in [6, 6.07) is 0.335. The Morgan fingerprint density at radius 1 is 1.18 bits per heavy atom. The van der Waals surface area contributed by atoms with Crippen LogP contribution in [0.3, 0.4) is 0 Å². The van der Waals surface area contributed by atoms with Crippen molar-refractivity contribution < 1.29 is 5.11 Å². The Labute approximate surface area is 106 Å². The number of hydrogen-bond donors (Lipinski definition) is 2. The van der Waals surface area contributed by atoms with Gasteiger partial charge in [0.15, 0.2) is 0 Å². The van der Waals surface area contributed by atoms with Crippen LogP contribution in [-0.2, 0) is 0 Å². The summed E-state index contributed by atoms with van der Waals surface area (Å²) in [7, 11) is 0. The van der Waals surface area contributed by atoms with Crippen molar-refractivity contribution in [3.63, 3.8) is 0 Å². The molecule has 2 rings (SSSR count). The predicted molar refractivity (Wildman–Crippen MR) is 71.2 cm³/mol. The lowest BCUT2D eigenvalue weighted by atomic mass is 9.84. The van der Waals surface area contributed by atoms with Gasteiger partial charge in [-0.2, -0.15) is 0 Å². The van der Waals surface area contributed by atoms with Crippen LogP contribution in [0.4, 0.5) is 0 Å².